The van der Waals surface area contributed by atoms with Crippen LogP contribution in [-0.2, 0) is 38.2 Å². The third-order valence-corrected chi connectivity index (χ3v) is 15.5. The van der Waals surface area contributed by atoms with E-state index in [4.69, 9.17) is 14.2 Å². The third kappa shape index (κ3) is 14.2. The fourth-order valence-corrected chi connectivity index (χ4v) is 10.9. The van der Waals surface area contributed by atoms with Gasteiger partial charge in [0.2, 0.25) is 5.79 Å². The number of ketones is 3. The normalized spacial score (nSPS) is 37.1. The number of nitrogens with zero attached hydrogens (tertiary/aromatic N) is 5. The molecule has 0 spiro atoms. The zero-order valence-electron chi connectivity index (χ0n) is 42.0. The number of aliphatic hydroxyl groups is 4. The number of hydrogen-bond donors (Lipinski definition) is 4. The van der Waals surface area contributed by atoms with Gasteiger partial charge < -0.3 is 39.5 Å². The SMILES string of the molecule is CO[C@H]1C(=O)[C@H](C)C[C@H](C)C=CC=CC=C(C)[C@@H](CO)C[C@@H]2CC[C@@H](C)[C@@](O)(O2)C(=O)C(=O)N2CCCC[C@H]2C(=O)O[C@H]([C@H](C)C[C@@H]2CC[C@H](n3cnnn3)[C@H](CO)C2)CC(=O)/C(C)=C/C(C)[C@H]1O. The highest BCUT2D eigenvalue weighted by Crippen LogP contribution is 2.41. The number of allylic oxidation sites excluding steroid dienone is 6. The largest absolute Gasteiger partial charge is 0.460 e. The maximum Gasteiger partial charge on any atom is 0.329 e. The van der Waals surface area contributed by atoms with Crippen LogP contribution in [0.1, 0.15) is 132 Å². The van der Waals surface area contributed by atoms with Gasteiger partial charge in [-0.2, -0.15) is 0 Å². The zero-order valence-corrected chi connectivity index (χ0v) is 42.0. The summed E-state index contributed by atoms with van der Waals surface area (Å²) in [5, 5.41) is 55.9. The molecule has 1 saturated carbocycles. The van der Waals surface area contributed by atoms with Crippen LogP contribution in [0.5, 0.6) is 0 Å². The number of cyclic esters (lactones) is 1. The molecule has 0 aromatic carbocycles. The number of piperidine rings is 1. The van der Waals surface area contributed by atoms with E-state index in [0.717, 1.165) is 12.0 Å². The molecule has 17 nitrogen and oxygen atoms in total. The number of methoxy groups -OCH3 is 1. The van der Waals surface area contributed by atoms with Crippen molar-refractivity contribution >= 4 is 29.2 Å². The number of hydrogen-bond acceptors (Lipinski definition) is 15. The lowest BCUT2D eigenvalue weighted by Crippen LogP contribution is -2.60. The highest BCUT2D eigenvalue weighted by atomic mass is 16.6. The number of Topliss-reactive ketones (excluding diaryl/α,β-unsaturated/α-hetero) is 3. The number of aliphatic hydroxyl groups excluding tert-OH is 3. The number of esters is 1. The van der Waals surface area contributed by atoms with E-state index in [1.807, 2.05) is 51.2 Å². The lowest BCUT2D eigenvalue weighted by molar-refractivity contribution is -0.265. The molecule has 69 heavy (non-hydrogen) atoms. The van der Waals surface area contributed by atoms with Crippen LogP contribution in [0.4, 0.5) is 0 Å². The predicted molar refractivity (Wildman–Crippen MR) is 256 cm³/mol. The summed E-state index contributed by atoms with van der Waals surface area (Å²) in [4.78, 5) is 72.1. The molecule has 3 aliphatic heterocycles. The number of carbonyl (C=O) groups excluding carboxylic acids is 5. The molecule has 384 valence electrons. The first-order valence-corrected chi connectivity index (χ1v) is 25.2. The van der Waals surface area contributed by atoms with Gasteiger partial charge in [-0.3, -0.25) is 19.2 Å². The Morgan fingerprint density at radius 1 is 0.928 bits per heavy atom. The van der Waals surface area contributed by atoms with Gasteiger partial charge in [-0.25, -0.2) is 9.48 Å². The fraction of sp³-hybridized carbons (Fsp3) is 0.731. The van der Waals surface area contributed by atoms with E-state index < -0.39 is 71.7 Å². The van der Waals surface area contributed by atoms with Gasteiger partial charge in [-0.1, -0.05) is 76.6 Å². The van der Waals surface area contributed by atoms with Crippen LogP contribution < -0.4 is 0 Å². The van der Waals surface area contributed by atoms with Crippen LogP contribution in [0.25, 0.3) is 0 Å². The lowest BCUT2D eigenvalue weighted by atomic mass is 9.74. The van der Waals surface area contributed by atoms with E-state index >= 15 is 0 Å². The van der Waals surface area contributed by atoms with Crippen molar-refractivity contribution in [1.82, 2.24) is 25.1 Å². The Balaban J connectivity index is 1.46. The molecule has 4 N–H and O–H groups in total. The quantitative estimate of drug-likeness (QED) is 0.202. The number of amides is 1. The minimum atomic E-state index is -2.47. The van der Waals surface area contributed by atoms with E-state index in [-0.39, 0.29) is 86.2 Å². The van der Waals surface area contributed by atoms with E-state index in [9.17, 15) is 44.4 Å². The highest BCUT2D eigenvalue weighted by Gasteiger charge is 2.53. The van der Waals surface area contributed by atoms with Crippen molar-refractivity contribution in [1.29, 1.82) is 0 Å². The molecule has 3 fully saturated rings. The number of aromatic nitrogens is 4. The van der Waals surface area contributed by atoms with Crippen molar-refractivity contribution in [2.24, 2.45) is 47.3 Å². The predicted octanol–water partition coefficient (Wildman–Crippen LogP) is 5.23. The standard InChI is InChI=1S/C52H79N5O12/c1-31-14-10-9-11-15-32(2)39(28-58)26-41-19-17-37(7)52(66,69-41)49(63)50(64)56-21-13-12-16-43(56)51(65)68-45(34(4)24-38-18-20-42(40(25-38)29-59)57-30-53-54-55-57)27-44(60)33(3)23-36(6)47(62)48(67-8)46(61)35(5)22-31/h9-11,14-15,23,30-31,34-43,45,47-48,58-59,62,66H,12-13,16-22,24-29H2,1-8H3/b11-9?,14-10?,32-15?,33-23+/t31-,34-,35-,36?,37-,38+,39-,40+,41+,42+,43+,45+,47-,48+,52-/m1/s1. The lowest BCUT2D eigenvalue weighted by Gasteiger charge is -2.43. The van der Waals surface area contributed by atoms with E-state index in [1.165, 1.54) is 12.0 Å². The molecule has 1 aliphatic carbocycles. The van der Waals surface area contributed by atoms with Crippen LogP contribution in [0.2, 0.25) is 0 Å². The van der Waals surface area contributed by atoms with Crippen LogP contribution in [-0.4, -0.2) is 138 Å². The van der Waals surface area contributed by atoms with E-state index in [0.29, 0.717) is 56.9 Å². The van der Waals surface area contributed by atoms with Crippen molar-refractivity contribution in [2.75, 3.05) is 26.9 Å². The molecule has 5 rings (SSSR count). The number of tetrazole rings is 1. The Morgan fingerprint density at radius 2 is 1.68 bits per heavy atom. The minimum Gasteiger partial charge on any atom is -0.460 e. The second-order valence-electron chi connectivity index (χ2n) is 20.7. The van der Waals surface area contributed by atoms with Gasteiger partial charge in [-0.05, 0) is 118 Å². The Kier molecular flexibility index (Phi) is 20.8. The second kappa shape index (κ2) is 25.7. The van der Waals surface area contributed by atoms with Gasteiger partial charge in [0.15, 0.2) is 11.6 Å². The molecule has 1 unspecified atom stereocenters. The van der Waals surface area contributed by atoms with Crippen molar-refractivity contribution in [3.8, 4) is 0 Å². The van der Waals surface area contributed by atoms with Crippen LogP contribution >= 0.6 is 0 Å². The summed E-state index contributed by atoms with van der Waals surface area (Å²) in [7, 11) is 1.38. The number of rotatable bonds is 7. The average Bonchev–Trinajstić information content (AvgIpc) is 3.88. The Bertz CT molecular complexity index is 2020. The van der Waals surface area contributed by atoms with Gasteiger partial charge in [0.25, 0.3) is 11.7 Å². The van der Waals surface area contributed by atoms with E-state index in [2.05, 4.69) is 15.5 Å². The number of fused-ring (bicyclic) bond motifs is 3. The van der Waals surface area contributed by atoms with E-state index in [1.54, 1.807) is 44.8 Å². The summed E-state index contributed by atoms with van der Waals surface area (Å²) in [6, 6.07) is -1.26. The smallest absolute Gasteiger partial charge is 0.329 e. The van der Waals surface area contributed by atoms with Crippen LogP contribution in [0, 0.1) is 47.3 Å². The number of carbonyl (C=O) groups is 5. The van der Waals surface area contributed by atoms with Gasteiger partial charge >= 0.3 is 5.97 Å². The van der Waals surface area contributed by atoms with Crippen molar-refractivity contribution in [2.45, 2.75) is 168 Å². The monoisotopic (exact) mass is 966 g/mol. The molecular formula is C52H79N5O12. The zero-order chi connectivity index (χ0) is 50.6. The molecular weight excluding hydrogens is 887 g/mol. The van der Waals surface area contributed by atoms with Gasteiger partial charge in [0.05, 0.1) is 18.2 Å². The molecule has 1 amide bonds. The average molecular weight is 966 g/mol. The summed E-state index contributed by atoms with van der Waals surface area (Å²) in [6.07, 6.45) is 13.9. The third-order valence-electron chi connectivity index (χ3n) is 15.5. The van der Waals surface area contributed by atoms with Crippen molar-refractivity contribution in [3.05, 3.63) is 53.9 Å². The Morgan fingerprint density at radius 3 is 2.36 bits per heavy atom. The summed E-state index contributed by atoms with van der Waals surface area (Å²) < 4.78 is 19.7. The topological polar surface area (TPSA) is 241 Å². The molecule has 4 aliphatic rings. The molecule has 2 saturated heterocycles. The molecule has 1 aromatic rings. The molecule has 17 heteroatoms. The van der Waals surface area contributed by atoms with Crippen LogP contribution in [0.3, 0.4) is 0 Å². The molecule has 2 bridgehead atoms. The maximum absolute atomic E-state index is 14.5. The van der Waals surface area contributed by atoms with Crippen LogP contribution in [0.15, 0.2) is 53.9 Å². The first-order chi connectivity index (χ1) is 32.8. The first-order valence-electron chi connectivity index (χ1n) is 25.2. The molecule has 0 radical (unpaired) electrons. The fourth-order valence-electron chi connectivity index (χ4n) is 10.9. The Labute approximate surface area is 407 Å². The minimum absolute atomic E-state index is 0.000530. The van der Waals surface area contributed by atoms with Gasteiger partial charge in [0.1, 0.15) is 24.6 Å². The molecule has 1 aromatic heterocycles. The number of ether oxygens (including phenoxy) is 3. The maximum atomic E-state index is 14.5. The first kappa shape index (κ1) is 55.7. The summed E-state index contributed by atoms with van der Waals surface area (Å²) in [6.45, 7) is 12.3. The molecule has 15 atom stereocenters. The summed E-state index contributed by atoms with van der Waals surface area (Å²) in [5.74, 6) is -8.71. The summed E-state index contributed by atoms with van der Waals surface area (Å²) in [5.41, 5.74) is 1.15. The second-order valence-corrected chi connectivity index (χ2v) is 20.7. The Hall–Kier alpha value is -4.26. The summed E-state index contributed by atoms with van der Waals surface area (Å²) >= 11 is 0. The molecule has 4 heterocycles. The van der Waals surface area contributed by atoms with Crippen molar-refractivity contribution < 1.29 is 58.6 Å². The van der Waals surface area contributed by atoms with Gasteiger partial charge in [0, 0.05) is 62.9 Å². The van der Waals surface area contributed by atoms with Crippen molar-refractivity contribution in [3.63, 3.8) is 0 Å². The van der Waals surface area contributed by atoms with Gasteiger partial charge in [-0.15, -0.1) is 5.10 Å². The highest BCUT2D eigenvalue weighted by molar-refractivity contribution is 6.39.